The lowest BCUT2D eigenvalue weighted by atomic mass is 10.0. The molecule has 1 amide bonds. The van der Waals surface area contributed by atoms with Crippen molar-refractivity contribution in [3.05, 3.63) is 35.9 Å². The lowest BCUT2D eigenvalue weighted by Gasteiger charge is -2.32. The fraction of sp³-hybridized carbons (Fsp3) is 0.588. The van der Waals surface area contributed by atoms with Gasteiger partial charge in [-0.2, -0.15) is 0 Å². The average Bonchev–Trinajstić information content (AvgIpc) is 2.51. The Morgan fingerprint density at radius 1 is 1.24 bits per heavy atom. The van der Waals surface area contributed by atoms with Gasteiger partial charge in [0.2, 0.25) is 5.91 Å². The van der Waals surface area contributed by atoms with Gasteiger partial charge in [0.15, 0.2) is 0 Å². The van der Waals surface area contributed by atoms with Crippen molar-refractivity contribution >= 4 is 5.91 Å². The Morgan fingerprint density at radius 3 is 2.62 bits per heavy atom. The third-order valence-corrected chi connectivity index (χ3v) is 4.18. The average molecular weight is 289 g/mol. The second kappa shape index (κ2) is 8.80. The zero-order chi connectivity index (χ0) is 14.9. The number of hydrogen-bond donors (Lipinski definition) is 2. The van der Waals surface area contributed by atoms with Crippen molar-refractivity contribution in [2.24, 2.45) is 5.73 Å². The quantitative estimate of drug-likeness (QED) is 0.714. The number of benzene rings is 1. The first kappa shape index (κ1) is 16.0. The van der Waals surface area contributed by atoms with Crippen LogP contribution >= 0.6 is 0 Å². The van der Waals surface area contributed by atoms with Crippen LogP contribution in [0.2, 0.25) is 0 Å². The van der Waals surface area contributed by atoms with Crippen molar-refractivity contribution in [1.29, 1.82) is 0 Å². The molecule has 1 aromatic carbocycles. The standard InChI is InChI=1S/C17H27N3O/c18-17(21)7-4-11-19-16-9-13-20(14-10-16)12-8-15-5-2-1-3-6-15/h1-3,5-6,16,19H,4,7-14H2,(H2,18,21). The molecule has 1 aliphatic heterocycles. The van der Waals surface area contributed by atoms with Gasteiger partial charge in [-0.3, -0.25) is 4.79 Å². The molecule has 4 heteroatoms. The summed E-state index contributed by atoms with van der Waals surface area (Å²) in [6.45, 7) is 4.39. The van der Waals surface area contributed by atoms with E-state index in [0.29, 0.717) is 12.5 Å². The number of carbonyl (C=O) groups is 1. The van der Waals surface area contributed by atoms with Crippen LogP contribution in [0.25, 0.3) is 0 Å². The molecular weight excluding hydrogens is 262 g/mol. The molecule has 0 aromatic heterocycles. The van der Waals surface area contributed by atoms with Crippen LogP contribution in [-0.4, -0.2) is 43.0 Å². The molecule has 0 radical (unpaired) electrons. The molecule has 116 valence electrons. The number of primary amides is 1. The summed E-state index contributed by atoms with van der Waals surface area (Å²) in [5, 5.41) is 3.54. The molecule has 0 spiro atoms. The summed E-state index contributed by atoms with van der Waals surface area (Å²) in [6.07, 6.45) is 4.88. The van der Waals surface area contributed by atoms with Crippen LogP contribution in [0, 0.1) is 0 Å². The SMILES string of the molecule is NC(=O)CCCNC1CCN(CCc2ccccc2)CC1. The second-order valence-corrected chi connectivity index (χ2v) is 5.88. The van der Waals surface area contributed by atoms with Gasteiger partial charge in [0.25, 0.3) is 0 Å². The molecule has 0 bridgehead atoms. The molecule has 1 saturated heterocycles. The van der Waals surface area contributed by atoms with Gasteiger partial charge in [-0.1, -0.05) is 30.3 Å². The Morgan fingerprint density at radius 2 is 1.95 bits per heavy atom. The van der Waals surface area contributed by atoms with E-state index in [1.807, 2.05) is 0 Å². The lowest BCUT2D eigenvalue weighted by Crippen LogP contribution is -2.43. The summed E-state index contributed by atoms with van der Waals surface area (Å²) in [4.78, 5) is 13.2. The van der Waals surface area contributed by atoms with E-state index in [1.54, 1.807) is 0 Å². The highest BCUT2D eigenvalue weighted by molar-refractivity contribution is 5.73. The Balaban J connectivity index is 1.57. The predicted octanol–water partition coefficient (Wildman–Crippen LogP) is 1.55. The first-order valence-corrected chi connectivity index (χ1v) is 8.02. The molecule has 21 heavy (non-hydrogen) atoms. The van der Waals surface area contributed by atoms with E-state index < -0.39 is 0 Å². The van der Waals surface area contributed by atoms with Crippen molar-refractivity contribution in [1.82, 2.24) is 10.2 Å². The Hall–Kier alpha value is -1.39. The number of rotatable bonds is 8. The zero-order valence-corrected chi connectivity index (χ0v) is 12.8. The van der Waals surface area contributed by atoms with Crippen LogP contribution < -0.4 is 11.1 Å². The molecule has 0 aliphatic carbocycles. The van der Waals surface area contributed by atoms with Gasteiger partial charge in [0, 0.05) is 19.0 Å². The first-order chi connectivity index (χ1) is 10.2. The fourth-order valence-electron chi connectivity index (χ4n) is 2.86. The van der Waals surface area contributed by atoms with E-state index >= 15 is 0 Å². The Labute approximate surface area is 127 Å². The van der Waals surface area contributed by atoms with Gasteiger partial charge in [-0.05, 0) is 50.9 Å². The molecule has 1 aliphatic rings. The summed E-state index contributed by atoms with van der Waals surface area (Å²) < 4.78 is 0. The summed E-state index contributed by atoms with van der Waals surface area (Å²) in [7, 11) is 0. The number of nitrogens with one attached hydrogen (secondary N) is 1. The summed E-state index contributed by atoms with van der Waals surface area (Å²) in [5.74, 6) is -0.201. The predicted molar refractivity (Wildman–Crippen MR) is 86.0 cm³/mol. The van der Waals surface area contributed by atoms with E-state index in [4.69, 9.17) is 5.73 Å². The van der Waals surface area contributed by atoms with Crippen molar-refractivity contribution < 1.29 is 4.79 Å². The van der Waals surface area contributed by atoms with E-state index in [-0.39, 0.29) is 5.91 Å². The van der Waals surface area contributed by atoms with Gasteiger partial charge in [-0.25, -0.2) is 0 Å². The number of amides is 1. The van der Waals surface area contributed by atoms with Gasteiger partial charge in [0.1, 0.15) is 0 Å². The highest BCUT2D eigenvalue weighted by Gasteiger charge is 2.18. The van der Waals surface area contributed by atoms with E-state index in [1.165, 1.54) is 31.5 Å². The Bertz CT molecular complexity index is 413. The van der Waals surface area contributed by atoms with Crippen LogP contribution in [0.15, 0.2) is 30.3 Å². The van der Waals surface area contributed by atoms with Crippen molar-refractivity contribution in [2.45, 2.75) is 38.1 Å². The summed E-state index contributed by atoms with van der Waals surface area (Å²) >= 11 is 0. The van der Waals surface area contributed by atoms with Gasteiger partial charge < -0.3 is 16.0 Å². The minimum atomic E-state index is -0.201. The monoisotopic (exact) mass is 289 g/mol. The highest BCUT2D eigenvalue weighted by atomic mass is 16.1. The van der Waals surface area contributed by atoms with Gasteiger partial charge >= 0.3 is 0 Å². The molecule has 1 fully saturated rings. The number of hydrogen-bond acceptors (Lipinski definition) is 3. The molecule has 1 heterocycles. The number of likely N-dealkylation sites (tertiary alicyclic amines) is 1. The smallest absolute Gasteiger partial charge is 0.217 e. The van der Waals surface area contributed by atoms with Crippen LogP contribution in [0.1, 0.15) is 31.2 Å². The third-order valence-electron chi connectivity index (χ3n) is 4.18. The molecule has 0 saturated carbocycles. The second-order valence-electron chi connectivity index (χ2n) is 5.88. The molecule has 0 unspecified atom stereocenters. The molecule has 1 aromatic rings. The molecule has 0 atom stereocenters. The van der Waals surface area contributed by atoms with Crippen LogP contribution in [0.5, 0.6) is 0 Å². The van der Waals surface area contributed by atoms with E-state index in [9.17, 15) is 4.79 Å². The maximum absolute atomic E-state index is 10.7. The third kappa shape index (κ3) is 6.27. The maximum Gasteiger partial charge on any atom is 0.217 e. The van der Waals surface area contributed by atoms with Gasteiger partial charge in [0.05, 0.1) is 0 Å². The fourth-order valence-corrected chi connectivity index (χ4v) is 2.86. The number of piperidine rings is 1. The first-order valence-electron chi connectivity index (χ1n) is 8.02. The van der Waals surface area contributed by atoms with Crippen LogP contribution in [0.4, 0.5) is 0 Å². The minimum absolute atomic E-state index is 0.201. The molecule has 4 nitrogen and oxygen atoms in total. The number of carbonyl (C=O) groups excluding carboxylic acids is 1. The van der Waals surface area contributed by atoms with Crippen molar-refractivity contribution in [3.8, 4) is 0 Å². The van der Waals surface area contributed by atoms with E-state index in [0.717, 1.165) is 25.9 Å². The topological polar surface area (TPSA) is 58.4 Å². The lowest BCUT2D eigenvalue weighted by molar-refractivity contribution is -0.118. The van der Waals surface area contributed by atoms with Crippen molar-refractivity contribution in [2.75, 3.05) is 26.2 Å². The Kier molecular flexibility index (Phi) is 6.70. The number of nitrogens with zero attached hydrogens (tertiary/aromatic N) is 1. The van der Waals surface area contributed by atoms with Crippen molar-refractivity contribution in [3.63, 3.8) is 0 Å². The molecular formula is C17H27N3O. The minimum Gasteiger partial charge on any atom is -0.370 e. The number of nitrogens with two attached hydrogens (primary N) is 1. The summed E-state index contributed by atoms with van der Waals surface area (Å²) in [6, 6.07) is 11.3. The van der Waals surface area contributed by atoms with Crippen LogP contribution in [0.3, 0.4) is 0 Å². The zero-order valence-electron chi connectivity index (χ0n) is 12.8. The van der Waals surface area contributed by atoms with Gasteiger partial charge in [-0.15, -0.1) is 0 Å². The largest absolute Gasteiger partial charge is 0.370 e. The highest BCUT2D eigenvalue weighted by Crippen LogP contribution is 2.11. The summed E-state index contributed by atoms with van der Waals surface area (Å²) in [5.41, 5.74) is 6.56. The van der Waals surface area contributed by atoms with Crippen LogP contribution in [-0.2, 0) is 11.2 Å². The normalized spacial score (nSPS) is 17.0. The van der Waals surface area contributed by atoms with E-state index in [2.05, 4.69) is 40.5 Å². The molecule has 3 N–H and O–H groups in total. The molecule has 2 rings (SSSR count). The maximum atomic E-state index is 10.7.